The van der Waals surface area contributed by atoms with Crippen LogP contribution < -0.4 is 5.32 Å². The Labute approximate surface area is 131 Å². The van der Waals surface area contributed by atoms with Crippen molar-refractivity contribution >= 4 is 22.5 Å². The van der Waals surface area contributed by atoms with E-state index in [9.17, 15) is 8.78 Å². The Bertz CT molecular complexity index is 895. The molecule has 0 saturated heterocycles. The molecule has 1 N–H and O–H groups in total. The van der Waals surface area contributed by atoms with Crippen molar-refractivity contribution < 1.29 is 8.78 Å². The third-order valence-electron chi connectivity index (χ3n) is 3.41. The SMILES string of the molecule is Cn1cnc2[c]nc(Nc3ccc(C#N)cc3CC(F)F)cc21. The normalized spacial score (nSPS) is 10.9. The molecule has 0 spiro atoms. The predicted octanol–water partition coefficient (Wildman–Crippen LogP) is 3.19. The van der Waals surface area contributed by atoms with E-state index in [0.29, 0.717) is 28.1 Å². The van der Waals surface area contributed by atoms with Crippen molar-refractivity contribution in [3.05, 3.63) is 47.9 Å². The van der Waals surface area contributed by atoms with Crippen molar-refractivity contribution in [3.8, 4) is 6.07 Å². The molecular formula is C16H12F2N5. The summed E-state index contributed by atoms with van der Waals surface area (Å²) in [6, 6.07) is 8.36. The molecule has 3 rings (SSSR count). The maximum absolute atomic E-state index is 12.8. The van der Waals surface area contributed by atoms with Crippen molar-refractivity contribution in [1.82, 2.24) is 14.5 Å². The van der Waals surface area contributed by atoms with Gasteiger partial charge in [-0.25, -0.2) is 18.7 Å². The Kier molecular flexibility index (Phi) is 3.89. The first-order valence-electron chi connectivity index (χ1n) is 6.85. The molecule has 0 bridgehead atoms. The zero-order valence-electron chi connectivity index (χ0n) is 12.2. The van der Waals surface area contributed by atoms with Gasteiger partial charge in [-0.2, -0.15) is 5.26 Å². The van der Waals surface area contributed by atoms with Crippen LogP contribution in [0, 0.1) is 17.5 Å². The quantitative estimate of drug-likeness (QED) is 0.803. The van der Waals surface area contributed by atoms with Crippen LogP contribution in [0.25, 0.3) is 11.0 Å². The zero-order chi connectivity index (χ0) is 16.4. The lowest BCUT2D eigenvalue weighted by atomic mass is 10.1. The molecule has 0 amide bonds. The molecule has 0 aliphatic rings. The minimum atomic E-state index is -2.50. The molecule has 0 aliphatic carbocycles. The second kappa shape index (κ2) is 6.01. The van der Waals surface area contributed by atoms with Crippen LogP contribution in [-0.2, 0) is 13.5 Å². The van der Waals surface area contributed by atoms with Gasteiger partial charge in [-0.3, -0.25) is 0 Å². The standard InChI is InChI=1S/C16H12F2N5/c1-23-9-21-13-8-20-16(6-14(13)23)22-12-3-2-10(7-19)4-11(12)5-15(17)18/h2-4,6,9,15H,5H2,1H3,(H,20,22). The predicted molar refractivity (Wildman–Crippen MR) is 81.5 cm³/mol. The van der Waals surface area contributed by atoms with Gasteiger partial charge in [0, 0.05) is 25.2 Å². The molecule has 1 aromatic carbocycles. The summed E-state index contributed by atoms with van der Waals surface area (Å²) in [5, 5.41) is 11.9. The number of alkyl halides is 2. The summed E-state index contributed by atoms with van der Waals surface area (Å²) in [6.45, 7) is 0. The first kappa shape index (κ1) is 14.9. The lowest BCUT2D eigenvalue weighted by Gasteiger charge is -2.12. The van der Waals surface area contributed by atoms with Gasteiger partial charge in [0.1, 0.15) is 17.5 Å². The van der Waals surface area contributed by atoms with E-state index in [1.807, 2.05) is 17.7 Å². The molecule has 115 valence electrons. The van der Waals surface area contributed by atoms with E-state index in [-0.39, 0.29) is 0 Å². The first-order chi connectivity index (χ1) is 11.1. The Hall–Kier alpha value is -3.01. The molecule has 0 atom stereocenters. The van der Waals surface area contributed by atoms with Crippen molar-refractivity contribution in [2.24, 2.45) is 7.05 Å². The van der Waals surface area contributed by atoms with Gasteiger partial charge in [0.05, 0.1) is 23.5 Å². The zero-order valence-corrected chi connectivity index (χ0v) is 12.2. The smallest absolute Gasteiger partial charge is 0.242 e. The van der Waals surface area contributed by atoms with Crippen LogP contribution in [0.5, 0.6) is 0 Å². The molecule has 0 fully saturated rings. The van der Waals surface area contributed by atoms with Gasteiger partial charge in [0.2, 0.25) is 6.43 Å². The summed E-state index contributed by atoms with van der Waals surface area (Å²) in [6.07, 6.45) is 1.52. The average Bonchev–Trinajstić information content (AvgIpc) is 2.89. The number of aromatic nitrogens is 3. The van der Waals surface area contributed by atoms with E-state index in [0.717, 1.165) is 5.52 Å². The van der Waals surface area contributed by atoms with E-state index in [1.165, 1.54) is 6.07 Å². The highest BCUT2D eigenvalue weighted by atomic mass is 19.3. The Balaban J connectivity index is 1.97. The highest BCUT2D eigenvalue weighted by molar-refractivity contribution is 5.78. The monoisotopic (exact) mass is 312 g/mol. The van der Waals surface area contributed by atoms with Crippen LogP contribution in [0.15, 0.2) is 30.6 Å². The number of nitriles is 1. The maximum atomic E-state index is 12.8. The number of rotatable bonds is 4. The fourth-order valence-electron chi connectivity index (χ4n) is 2.29. The number of benzene rings is 1. The van der Waals surface area contributed by atoms with Crippen LogP contribution in [0.1, 0.15) is 11.1 Å². The molecule has 2 heterocycles. The van der Waals surface area contributed by atoms with Gasteiger partial charge in [-0.05, 0) is 23.8 Å². The van der Waals surface area contributed by atoms with Crippen LogP contribution in [0.4, 0.5) is 20.3 Å². The molecule has 1 radical (unpaired) electrons. The van der Waals surface area contributed by atoms with Crippen LogP contribution in [0.2, 0.25) is 0 Å². The Morgan fingerprint density at radius 3 is 2.96 bits per heavy atom. The molecule has 23 heavy (non-hydrogen) atoms. The molecule has 0 aliphatic heterocycles. The number of hydrogen-bond donors (Lipinski definition) is 1. The fraction of sp³-hybridized carbons (Fsp3) is 0.188. The lowest BCUT2D eigenvalue weighted by molar-refractivity contribution is 0.149. The van der Waals surface area contributed by atoms with Crippen LogP contribution in [0.3, 0.4) is 0 Å². The topological polar surface area (TPSA) is 66.5 Å². The number of fused-ring (bicyclic) bond motifs is 1. The first-order valence-corrected chi connectivity index (χ1v) is 6.85. The fourth-order valence-corrected chi connectivity index (χ4v) is 2.29. The maximum Gasteiger partial charge on any atom is 0.242 e. The summed E-state index contributed by atoms with van der Waals surface area (Å²) < 4.78 is 27.3. The third kappa shape index (κ3) is 3.11. The minimum absolute atomic E-state index is 0.341. The number of pyridine rings is 1. The number of halogens is 2. The summed E-state index contributed by atoms with van der Waals surface area (Å²) in [5.41, 5.74) is 2.66. The number of anilines is 2. The number of aryl methyl sites for hydroxylation is 1. The Morgan fingerprint density at radius 2 is 2.22 bits per heavy atom. The summed E-state index contributed by atoms with van der Waals surface area (Å²) in [7, 11) is 1.84. The number of hydrogen-bond acceptors (Lipinski definition) is 4. The summed E-state index contributed by atoms with van der Waals surface area (Å²) in [4.78, 5) is 8.24. The van der Waals surface area contributed by atoms with Crippen LogP contribution in [-0.4, -0.2) is 21.0 Å². The van der Waals surface area contributed by atoms with Gasteiger partial charge >= 0.3 is 0 Å². The van der Waals surface area contributed by atoms with Crippen LogP contribution >= 0.6 is 0 Å². The largest absolute Gasteiger partial charge is 0.340 e. The highest BCUT2D eigenvalue weighted by Crippen LogP contribution is 2.25. The summed E-state index contributed by atoms with van der Waals surface area (Å²) in [5.74, 6) is 0.473. The van der Waals surface area contributed by atoms with Gasteiger partial charge in [-0.15, -0.1) is 0 Å². The molecule has 2 aromatic heterocycles. The van der Waals surface area contributed by atoms with E-state index in [4.69, 9.17) is 5.26 Å². The van der Waals surface area contributed by atoms with Crippen molar-refractivity contribution in [3.63, 3.8) is 0 Å². The number of imidazole rings is 1. The molecule has 0 unspecified atom stereocenters. The van der Waals surface area contributed by atoms with E-state index < -0.39 is 12.8 Å². The molecular weight excluding hydrogens is 300 g/mol. The van der Waals surface area contributed by atoms with Gasteiger partial charge in [0.25, 0.3) is 0 Å². The summed E-state index contributed by atoms with van der Waals surface area (Å²) >= 11 is 0. The average molecular weight is 312 g/mol. The van der Waals surface area contributed by atoms with Gasteiger partial charge in [-0.1, -0.05) is 0 Å². The third-order valence-corrected chi connectivity index (χ3v) is 3.41. The van der Waals surface area contributed by atoms with E-state index in [2.05, 4.69) is 21.5 Å². The second-order valence-corrected chi connectivity index (χ2v) is 5.05. The van der Waals surface area contributed by atoms with Crippen molar-refractivity contribution in [2.45, 2.75) is 12.8 Å². The number of nitrogens with one attached hydrogen (secondary N) is 1. The van der Waals surface area contributed by atoms with Gasteiger partial charge < -0.3 is 9.88 Å². The molecule has 5 nitrogen and oxygen atoms in total. The molecule has 3 aromatic rings. The number of nitrogens with zero attached hydrogens (tertiary/aromatic N) is 4. The Morgan fingerprint density at radius 1 is 1.39 bits per heavy atom. The van der Waals surface area contributed by atoms with Crippen molar-refractivity contribution in [1.29, 1.82) is 5.26 Å². The van der Waals surface area contributed by atoms with E-state index >= 15 is 0 Å². The lowest BCUT2D eigenvalue weighted by Crippen LogP contribution is -2.03. The second-order valence-electron chi connectivity index (χ2n) is 5.05. The highest BCUT2D eigenvalue weighted by Gasteiger charge is 2.12. The minimum Gasteiger partial charge on any atom is -0.340 e. The van der Waals surface area contributed by atoms with E-state index in [1.54, 1.807) is 24.5 Å². The molecule has 0 saturated carbocycles. The molecule has 7 heteroatoms. The van der Waals surface area contributed by atoms with Gasteiger partial charge in [0.15, 0.2) is 0 Å². The van der Waals surface area contributed by atoms with Crippen molar-refractivity contribution in [2.75, 3.05) is 5.32 Å².